The molecule has 10 heteroatoms. The van der Waals surface area contributed by atoms with E-state index in [1.165, 1.54) is 0 Å². The molecule has 0 radical (unpaired) electrons. The Morgan fingerprint density at radius 1 is 0.806 bits per heavy atom. The van der Waals surface area contributed by atoms with Crippen molar-refractivity contribution in [1.29, 1.82) is 0 Å². The molecule has 4 nitrogen and oxygen atoms in total. The van der Waals surface area contributed by atoms with Gasteiger partial charge in [-0.15, -0.1) is 0 Å². The smallest absolute Gasteiger partial charge is 0.411 e. The zero-order valence-corrected chi connectivity index (χ0v) is 16.2. The summed E-state index contributed by atoms with van der Waals surface area (Å²) in [6.07, 6.45) is -11.2. The fourth-order valence-electron chi connectivity index (χ4n) is 3.19. The number of benzene rings is 2. The number of epoxide rings is 1. The number of ether oxygens (including phenoxy) is 3. The molecule has 3 rings (SSSR count). The van der Waals surface area contributed by atoms with Crippen molar-refractivity contribution in [3.8, 4) is 11.5 Å². The minimum atomic E-state index is -5.67. The SMILES string of the molecule is OCCCOc1ccc(C(c2ccc(OCC3CO3)cc2)(C(F)(F)F)C(F)(F)F)cc1. The quantitative estimate of drug-likeness (QED) is 0.344. The van der Waals surface area contributed by atoms with Crippen molar-refractivity contribution >= 4 is 0 Å². The summed E-state index contributed by atoms with van der Waals surface area (Å²) >= 11 is 0. The highest BCUT2D eigenvalue weighted by Gasteiger charge is 2.72. The Kier molecular flexibility index (Phi) is 6.70. The molecule has 170 valence electrons. The van der Waals surface area contributed by atoms with Crippen LogP contribution in [0.15, 0.2) is 48.5 Å². The number of hydrogen-bond donors (Lipinski definition) is 1. The summed E-state index contributed by atoms with van der Waals surface area (Å²) in [5.74, 6) is 0.242. The number of halogens is 6. The minimum Gasteiger partial charge on any atom is -0.494 e. The van der Waals surface area contributed by atoms with Gasteiger partial charge < -0.3 is 19.3 Å². The number of aliphatic hydroxyl groups is 1. The molecule has 1 aliphatic heterocycles. The monoisotopic (exact) mass is 450 g/mol. The minimum absolute atomic E-state index is 0.0763. The van der Waals surface area contributed by atoms with E-state index in [-0.39, 0.29) is 43.8 Å². The van der Waals surface area contributed by atoms with Gasteiger partial charge in [0.15, 0.2) is 0 Å². The molecular weight excluding hydrogens is 430 g/mol. The predicted molar refractivity (Wildman–Crippen MR) is 98.2 cm³/mol. The molecule has 0 aliphatic carbocycles. The average molecular weight is 450 g/mol. The first-order chi connectivity index (χ1) is 14.6. The summed E-state index contributed by atoms with van der Waals surface area (Å²) in [5, 5.41) is 8.74. The van der Waals surface area contributed by atoms with Crippen molar-refractivity contribution in [1.82, 2.24) is 0 Å². The zero-order chi connectivity index (χ0) is 22.7. The second-order valence-corrected chi connectivity index (χ2v) is 6.99. The number of hydrogen-bond acceptors (Lipinski definition) is 4. The van der Waals surface area contributed by atoms with Crippen molar-refractivity contribution in [3.05, 3.63) is 59.7 Å². The van der Waals surface area contributed by atoms with Crippen molar-refractivity contribution in [3.63, 3.8) is 0 Å². The number of rotatable bonds is 9. The van der Waals surface area contributed by atoms with Gasteiger partial charge in [-0.3, -0.25) is 0 Å². The fraction of sp³-hybridized carbons (Fsp3) is 0.429. The maximum atomic E-state index is 14.1. The number of alkyl halides is 6. The Bertz CT molecular complexity index is 828. The van der Waals surface area contributed by atoms with Crippen LogP contribution < -0.4 is 9.47 Å². The summed E-state index contributed by atoms with van der Waals surface area (Å²) in [6.45, 7) is 0.591. The Hall–Kier alpha value is -2.46. The van der Waals surface area contributed by atoms with Gasteiger partial charge in [0, 0.05) is 13.0 Å². The summed E-state index contributed by atoms with van der Waals surface area (Å²) in [6, 6.07) is 7.31. The van der Waals surface area contributed by atoms with Crippen LogP contribution in [0.3, 0.4) is 0 Å². The fourth-order valence-corrected chi connectivity index (χ4v) is 3.19. The van der Waals surface area contributed by atoms with Crippen LogP contribution in [-0.4, -0.2) is 50.0 Å². The Labute approximate surface area is 174 Å². The lowest BCUT2D eigenvalue weighted by molar-refractivity contribution is -0.288. The molecule has 1 fully saturated rings. The van der Waals surface area contributed by atoms with Gasteiger partial charge in [0.05, 0.1) is 13.2 Å². The molecule has 1 N–H and O–H groups in total. The molecular formula is C21H20F6O4. The normalized spacial score (nSPS) is 16.8. The molecule has 2 aromatic rings. The molecule has 1 unspecified atom stereocenters. The van der Waals surface area contributed by atoms with E-state index in [9.17, 15) is 26.3 Å². The molecule has 1 heterocycles. The van der Waals surface area contributed by atoms with E-state index in [1.807, 2.05) is 0 Å². The van der Waals surface area contributed by atoms with E-state index >= 15 is 0 Å². The van der Waals surface area contributed by atoms with E-state index in [1.54, 1.807) is 0 Å². The third-order valence-corrected chi connectivity index (χ3v) is 4.83. The lowest BCUT2D eigenvalue weighted by atomic mass is 9.73. The van der Waals surface area contributed by atoms with E-state index in [0.29, 0.717) is 6.61 Å². The summed E-state index contributed by atoms with van der Waals surface area (Å²) in [7, 11) is 0. The maximum Gasteiger partial charge on any atom is 0.411 e. The molecule has 0 bridgehead atoms. The topological polar surface area (TPSA) is 51.2 Å². The Morgan fingerprint density at radius 3 is 1.65 bits per heavy atom. The van der Waals surface area contributed by atoms with Crippen LogP contribution in [0.25, 0.3) is 0 Å². The van der Waals surface area contributed by atoms with Crippen molar-refractivity contribution < 1.29 is 45.7 Å². The summed E-state index contributed by atoms with van der Waals surface area (Å²) in [4.78, 5) is 0. The molecule has 0 spiro atoms. The Morgan fingerprint density at radius 2 is 1.26 bits per heavy atom. The molecule has 1 saturated heterocycles. The molecule has 1 aliphatic rings. The third-order valence-electron chi connectivity index (χ3n) is 4.83. The van der Waals surface area contributed by atoms with Gasteiger partial charge in [0.1, 0.15) is 24.2 Å². The average Bonchev–Trinajstić information content (AvgIpc) is 3.51. The van der Waals surface area contributed by atoms with Gasteiger partial charge in [-0.1, -0.05) is 24.3 Å². The second-order valence-electron chi connectivity index (χ2n) is 6.99. The largest absolute Gasteiger partial charge is 0.494 e. The zero-order valence-electron chi connectivity index (χ0n) is 16.2. The van der Waals surface area contributed by atoms with Crippen LogP contribution in [-0.2, 0) is 10.2 Å². The van der Waals surface area contributed by atoms with E-state index in [4.69, 9.17) is 19.3 Å². The first-order valence-corrected chi connectivity index (χ1v) is 9.42. The van der Waals surface area contributed by atoms with Crippen molar-refractivity contribution in [2.45, 2.75) is 30.3 Å². The van der Waals surface area contributed by atoms with Gasteiger partial charge in [0.2, 0.25) is 5.41 Å². The maximum absolute atomic E-state index is 14.1. The van der Waals surface area contributed by atoms with E-state index in [0.717, 1.165) is 48.5 Å². The lowest BCUT2D eigenvalue weighted by Gasteiger charge is -2.38. The second kappa shape index (κ2) is 8.96. The lowest BCUT2D eigenvalue weighted by Crippen LogP contribution is -2.54. The van der Waals surface area contributed by atoms with Crippen LogP contribution in [0.1, 0.15) is 17.5 Å². The van der Waals surface area contributed by atoms with E-state index < -0.39 is 28.9 Å². The Balaban J connectivity index is 1.99. The van der Waals surface area contributed by atoms with E-state index in [2.05, 4.69) is 0 Å². The van der Waals surface area contributed by atoms with Gasteiger partial charge in [0.25, 0.3) is 0 Å². The van der Waals surface area contributed by atoms with Gasteiger partial charge in [-0.2, -0.15) is 26.3 Å². The van der Waals surface area contributed by atoms with Gasteiger partial charge in [-0.25, -0.2) is 0 Å². The highest BCUT2D eigenvalue weighted by molar-refractivity contribution is 5.47. The molecule has 0 amide bonds. The van der Waals surface area contributed by atoms with Gasteiger partial charge >= 0.3 is 12.4 Å². The predicted octanol–water partition coefficient (Wildman–Crippen LogP) is 4.64. The van der Waals surface area contributed by atoms with Crippen molar-refractivity contribution in [2.75, 3.05) is 26.4 Å². The first-order valence-electron chi connectivity index (χ1n) is 9.42. The van der Waals surface area contributed by atoms with Crippen LogP contribution >= 0.6 is 0 Å². The first kappa shape index (κ1) is 23.2. The van der Waals surface area contributed by atoms with Crippen LogP contribution in [0.4, 0.5) is 26.3 Å². The molecule has 0 saturated carbocycles. The third kappa shape index (κ3) is 4.90. The highest BCUT2D eigenvalue weighted by Crippen LogP contribution is 2.56. The van der Waals surface area contributed by atoms with Crippen molar-refractivity contribution in [2.24, 2.45) is 0 Å². The van der Waals surface area contributed by atoms with Crippen LogP contribution in [0.2, 0.25) is 0 Å². The molecule has 1 atom stereocenters. The molecule has 0 aromatic heterocycles. The van der Waals surface area contributed by atoms with Gasteiger partial charge in [-0.05, 0) is 35.4 Å². The molecule has 2 aromatic carbocycles. The summed E-state index contributed by atoms with van der Waals surface area (Å²) < 4.78 is 100. The summed E-state index contributed by atoms with van der Waals surface area (Å²) in [5.41, 5.74) is -6.19. The molecule has 31 heavy (non-hydrogen) atoms. The highest BCUT2D eigenvalue weighted by atomic mass is 19.4. The van der Waals surface area contributed by atoms with Crippen LogP contribution in [0.5, 0.6) is 11.5 Å². The number of aliphatic hydroxyl groups excluding tert-OH is 1. The van der Waals surface area contributed by atoms with Crippen LogP contribution in [0, 0.1) is 0 Å². The standard InChI is InChI=1S/C21H20F6O4/c22-20(23,24)19(21(25,26)27,14-2-6-16(7-3-14)29-11-1-10-28)15-4-8-17(9-5-15)30-12-18-13-31-18/h2-9,18,28H,1,10-13H2.